The molecular weight excluding hydrogens is 333 g/mol. The summed E-state index contributed by atoms with van der Waals surface area (Å²) in [6.45, 7) is 5.82. The fourth-order valence-corrected chi connectivity index (χ4v) is 4.21. The molecule has 0 spiro atoms. The van der Waals surface area contributed by atoms with Crippen molar-refractivity contribution in [2.24, 2.45) is 11.8 Å². The van der Waals surface area contributed by atoms with Gasteiger partial charge in [0.2, 0.25) is 0 Å². The monoisotopic (exact) mass is 359 g/mol. The normalized spacial score (nSPS) is 22.7. The first kappa shape index (κ1) is 17.6. The van der Waals surface area contributed by atoms with E-state index in [1.807, 2.05) is 0 Å². The molecule has 2 saturated heterocycles. The molecule has 4 rings (SSSR count). The van der Waals surface area contributed by atoms with E-state index in [-0.39, 0.29) is 11.4 Å². The molecule has 5 nitrogen and oxygen atoms in total. The number of ether oxygens (including phenoxy) is 1. The van der Waals surface area contributed by atoms with Crippen LogP contribution in [-0.2, 0) is 11.3 Å². The number of hydrogen-bond acceptors (Lipinski definition) is 4. The third kappa shape index (κ3) is 3.96. The molecule has 2 fully saturated rings. The molecule has 0 N–H and O–H groups in total. The molecule has 2 aliphatic heterocycles. The Morgan fingerprint density at radius 2 is 2.00 bits per heavy atom. The number of rotatable bonds is 4. The van der Waals surface area contributed by atoms with Crippen LogP contribution in [0.3, 0.4) is 0 Å². The van der Waals surface area contributed by atoms with Gasteiger partial charge in [-0.25, -0.2) is 9.37 Å². The van der Waals surface area contributed by atoms with E-state index in [0.717, 1.165) is 45.7 Å². The van der Waals surface area contributed by atoms with Crippen LogP contribution in [-0.4, -0.2) is 47.3 Å². The Labute approximate surface area is 152 Å². The molecule has 3 heterocycles. The van der Waals surface area contributed by atoms with Gasteiger partial charge in [0, 0.05) is 25.8 Å². The maximum absolute atomic E-state index is 13.3. The molecule has 1 aromatic heterocycles. The van der Waals surface area contributed by atoms with Gasteiger partial charge in [-0.2, -0.15) is 0 Å². The van der Waals surface area contributed by atoms with Gasteiger partial charge in [-0.3, -0.25) is 9.36 Å². The lowest BCUT2D eigenvalue weighted by Crippen LogP contribution is -2.40. The maximum atomic E-state index is 13.3. The Balaban J connectivity index is 1.35. The summed E-state index contributed by atoms with van der Waals surface area (Å²) < 4.78 is 20.6. The largest absolute Gasteiger partial charge is 0.381 e. The number of halogens is 1. The van der Waals surface area contributed by atoms with E-state index in [2.05, 4.69) is 9.88 Å². The van der Waals surface area contributed by atoms with Crippen LogP contribution >= 0.6 is 0 Å². The lowest BCUT2D eigenvalue weighted by molar-refractivity contribution is 0.0320. The second-order valence-corrected chi connectivity index (χ2v) is 7.69. The van der Waals surface area contributed by atoms with Crippen molar-refractivity contribution < 1.29 is 9.13 Å². The van der Waals surface area contributed by atoms with E-state index in [1.165, 1.54) is 31.0 Å². The summed E-state index contributed by atoms with van der Waals surface area (Å²) in [5.74, 6) is 0.803. The van der Waals surface area contributed by atoms with Crippen molar-refractivity contribution in [2.75, 3.05) is 32.8 Å². The summed E-state index contributed by atoms with van der Waals surface area (Å²) in [7, 11) is 0. The van der Waals surface area contributed by atoms with Gasteiger partial charge in [-0.1, -0.05) is 0 Å². The Hall–Kier alpha value is -1.79. The summed E-state index contributed by atoms with van der Waals surface area (Å²) in [6.07, 6.45) is 6.22. The van der Waals surface area contributed by atoms with Crippen LogP contribution in [0.25, 0.3) is 10.9 Å². The van der Waals surface area contributed by atoms with Crippen molar-refractivity contribution in [3.8, 4) is 0 Å². The van der Waals surface area contributed by atoms with E-state index in [4.69, 9.17) is 4.74 Å². The van der Waals surface area contributed by atoms with Crippen LogP contribution in [0.4, 0.5) is 4.39 Å². The minimum Gasteiger partial charge on any atom is -0.381 e. The van der Waals surface area contributed by atoms with Crippen molar-refractivity contribution in [2.45, 2.75) is 32.2 Å². The summed E-state index contributed by atoms with van der Waals surface area (Å²) >= 11 is 0. The van der Waals surface area contributed by atoms with Gasteiger partial charge in [0.25, 0.3) is 5.56 Å². The lowest BCUT2D eigenvalue weighted by atomic mass is 9.94. The molecule has 0 aliphatic carbocycles. The zero-order valence-corrected chi connectivity index (χ0v) is 15.1. The molecule has 1 aromatic carbocycles. The third-order valence-corrected chi connectivity index (χ3v) is 5.72. The molecule has 2 aromatic rings. The summed E-state index contributed by atoms with van der Waals surface area (Å²) in [4.78, 5) is 19.4. The quantitative estimate of drug-likeness (QED) is 0.842. The highest BCUT2D eigenvalue weighted by Crippen LogP contribution is 2.22. The highest BCUT2D eigenvalue weighted by Gasteiger charge is 2.23. The van der Waals surface area contributed by atoms with E-state index >= 15 is 0 Å². The molecule has 0 bridgehead atoms. The molecule has 0 saturated carbocycles. The van der Waals surface area contributed by atoms with E-state index in [1.54, 1.807) is 10.9 Å². The second kappa shape index (κ2) is 7.84. The van der Waals surface area contributed by atoms with Crippen molar-refractivity contribution in [3.05, 3.63) is 40.7 Å². The highest BCUT2D eigenvalue weighted by atomic mass is 19.1. The van der Waals surface area contributed by atoms with Crippen LogP contribution in [0, 0.1) is 17.7 Å². The molecular formula is C20H26FN3O2. The SMILES string of the molecule is O=c1c2ccc(F)cc2ncn1CC1CCN(CC2CCCOC2)CC1. The fraction of sp³-hybridized carbons (Fsp3) is 0.600. The number of fused-ring (bicyclic) bond motifs is 1. The number of piperidine rings is 1. The summed E-state index contributed by atoms with van der Waals surface area (Å²) in [5, 5.41) is 0.489. The van der Waals surface area contributed by atoms with Crippen molar-refractivity contribution in [3.63, 3.8) is 0 Å². The van der Waals surface area contributed by atoms with Gasteiger partial charge >= 0.3 is 0 Å². The first-order valence-corrected chi connectivity index (χ1v) is 9.64. The zero-order valence-electron chi connectivity index (χ0n) is 15.1. The lowest BCUT2D eigenvalue weighted by Gasteiger charge is -2.35. The Bertz CT molecular complexity index is 808. The minimum atomic E-state index is -0.363. The molecule has 2 aliphatic rings. The van der Waals surface area contributed by atoms with Gasteiger partial charge in [-0.15, -0.1) is 0 Å². The summed E-state index contributed by atoms with van der Waals surface area (Å²) in [5.41, 5.74) is 0.354. The van der Waals surface area contributed by atoms with E-state index in [0.29, 0.717) is 29.3 Å². The zero-order chi connectivity index (χ0) is 17.9. The number of hydrogen-bond donors (Lipinski definition) is 0. The number of nitrogens with zero attached hydrogens (tertiary/aromatic N) is 3. The second-order valence-electron chi connectivity index (χ2n) is 7.69. The Morgan fingerprint density at radius 1 is 1.15 bits per heavy atom. The number of likely N-dealkylation sites (tertiary alicyclic amines) is 1. The summed E-state index contributed by atoms with van der Waals surface area (Å²) in [6, 6.07) is 4.17. The average Bonchev–Trinajstić information content (AvgIpc) is 2.66. The van der Waals surface area contributed by atoms with Gasteiger partial charge in [-0.05, 0) is 62.7 Å². The van der Waals surface area contributed by atoms with Gasteiger partial charge in [0.1, 0.15) is 5.82 Å². The molecule has 1 unspecified atom stereocenters. The molecule has 0 radical (unpaired) electrons. The van der Waals surface area contributed by atoms with Crippen LogP contribution in [0.15, 0.2) is 29.3 Å². The molecule has 0 amide bonds. The van der Waals surface area contributed by atoms with Gasteiger partial charge in [0.15, 0.2) is 0 Å². The van der Waals surface area contributed by atoms with E-state index in [9.17, 15) is 9.18 Å². The first-order valence-electron chi connectivity index (χ1n) is 9.64. The standard InChI is InChI=1S/C20H26FN3O2/c21-17-3-4-18-19(10-17)22-14-24(20(18)25)12-15-5-7-23(8-6-15)11-16-2-1-9-26-13-16/h3-4,10,14-16H,1-2,5-9,11-13H2. The van der Waals surface area contributed by atoms with Crippen molar-refractivity contribution in [1.29, 1.82) is 0 Å². The maximum Gasteiger partial charge on any atom is 0.261 e. The van der Waals surface area contributed by atoms with Crippen LogP contribution < -0.4 is 5.56 Å². The highest BCUT2D eigenvalue weighted by molar-refractivity contribution is 5.77. The van der Waals surface area contributed by atoms with Gasteiger partial charge in [0.05, 0.1) is 23.8 Å². The molecule has 1 atom stereocenters. The average molecular weight is 359 g/mol. The Morgan fingerprint density at radius 3 is 2.77 bits per heavy atom. The first-order chi connectivity index (χ1) is 12.7. The predicted molar refractivity (Wildman–Crippen MR) is 98.7 cm³/mol. The van der Waals surface area contributed by atoms with Crippen LogP contribution in [0.1, 0.15) is 25.7 Å². The third-order valence-electron chi connectivity index (χ3n) is 5.72. The minimum absolute atomic E-state index is 0.0724. The number of aromatic nitrogens is 2. The molecule has 26 heavy (non-hydrogen) atoms. The molecule has 140 valence electrons. The molecule has 6 heteroatoms. The van der Waals surface area contributed by atoms with Crippen LogP contribution in [0.2, 0.25) is 0 Å². The van der Waals surface area contributed by atoms with Crippen molar-refractivity contribution >= 4 is 10.9 Å². The van der Waals surface area contributed by atoms with Gasteiger partial charge < -0.3 is 9.64 Å². The van der Waals surface area contributed by atoms with E-state index < -0.39 is 0 Å². The van der Waals surface area contributed by atoms with Crippen LogP contribution in [0.5, 0.6) is 0 Å². The predicted octanol–water partition coefficient (Wildman–Crippen LogP) is 2.67. The number of benzene rings is 1. The Kier molecular flexibility index (Phi) is 5.31. The smallest absolute Gasteiger partial charge is 0.261 e. The fourth-order valence-electron chi connectivity index (χ4n) is 4.21. The topological polar surface area (TPSA) is 47.4 Å². The van der Waals surface area contributed by atoms with Crippen molar-refractivity contribution in [1.82, 2.24) is 14.5 Å².